The quantitative estimate of drug-likeness (QED) is 0.185. The molecular weight excluding hydrogens is 518 g/mol. The molecule has 3 atom stereocenters. The molecule has 1 aliphatic carbocycles. The number of nitrogens with one attached hydrogen (secondary N) is 1. The van der Waals surface area contributed by atoms with Crippen molar-refractivity contribution < 1.29 is 28.9 Å². The van der Waals surface area contributed by atoms with E-state index >= 15 is 0 Å². The third-order valence-corrected chi connectivity index (χ3v) is 8.20. The van der Waals surface area contributed by atoms with Crippen LogP contribution in [0.5, 0.6) is 0 Å². The molecule has 0 radical (unpaired) electrons. The van der Waals surface area contributed by atoms with E-state index in [4.69, 9.17) is 10.6 Å². The number of hydrogen-bond donors (Lipinski definition) is 3. The number of rotatable bonds is 8. The number of anilines is 1. The summed E-state index contributed by atoms with van der Waals surface area (Å²) in [5, 5.41) is 15.8. The number of carbonyl (C=O) groups is 3. The third kappa shape index (κ3) is 4.46. The lowest BCUT2D eigenvalue weighted by molar-refractivity contribution is -0.698. The molecule has 4 N–H and O–H groups in total. The summed E-state index contributed by atoms with van der Waals surface area (Å²) in [5.74, 6) is -1.61. The minimum Gasteiger partial charge on any atom is -0.477 e. The van der Waals surface area contributed by atoms with Crippen LogP contribution >= 0.6 is 23.3 Å². The molecule has 2 aromatic rings. The van der Waals surface area contributed by atoms with Crippen molar-refractivity contribution in [2.45, 2.75) is 37.2 Å². The number of allylic oxidation sites excluding steroid dienone is 2. The zero-order valence-electron chi connectivity index (χ0n) is 20.0. The molecule has 4 heterocycles. The molecule has 2 unspecified atom stereocenters. The highest BCUT2D eigenvalue weighted by Gasteiger charge is 2.54. The third-order valence-electron chi connectivity index (χ3n) is 6.35. The van der Waals surface area contributed by atoms with Crippen molar-refractivity contribution in [3.05, 3.63) is 58.8 Å². The second-order valence-corrected chi connectivity index (χ2v) is 10.6. The van der Waals surface area contributed by atoms with Gasteiger partial charge in [-0.05, 0) is 24.1 Å². The molecule has 0 aromatic carbocycles. The summed E-state index contributed by atoms with van der Waals surface area (Å²) in [6.45, 7) is 2.78. The molecule has 0 spiro atoms. The van der Waals surface area contributed by atoms with E-state index in [1.807, 2.05) is 18.3 Å². The fourth-order valence-corrected chi connectivity index (χ4v) is 6.49. The molecule has 192 valence electrons. The largest absolute Gasteiger partial charge is 0.477 e. The Morgan fingerprint density at radius 1 is 1.46 bits per heavy atom. The van der Waals surface area contributed by atoms with Crippen molar-refractivity contribution >= 4 is 51.9 Å². The summed E-state index contributed by atoms with van der Waals surface area (Å²) in [6.07, 6.45) is 6.76. The normalized spacial score (nSPS) is 22.8. The van der Waals surface area contributed by atoms with Gasteiger partial charge in [0.1, 0.15) is 24.2 Å². The van der Waals surface area contributed by atoms with Crippen LogP contribution in [0.2, 0.25) is 0 Å². The number of oxime groups is 1. The zero-order valence-corrected chi connectivity index (χ0v) is 21.6. The second-order valence-electron chi connectivity index (χ2n) is 8.70. The predicted octanol–water partition coefficient (Wildman–Crippen LogP) is 0.413. The lowest BCUT2D eigenvalue weighted by Gasteiger charge is -2.49. The lowest BCUT2D eigenvalue weighted by atomic mass is 9.83. The zero-order chi connectivity index (χ0) is 26.3. The first-order chi connectivity index (χ1) is 17.8. The molecule has 37 heavy (non-hydrogen) atoms. The predicted molar refractivity (Wildman–Crippen MR) is 135 cm³/mol. The molecule has 0 saturated carbocycles. The minimum absolute atomic E-state index is 0.0269. The summed E-state index contributed by atoms with van der Waals surface area (Å²) in [5.41, 5.74) is 8.45. The average molecular weight is 543 g/mol. The second kappa shape index (κ2) is 9.94. The van der Waals surface area contributed by atoms with Crippen LogP contribution in [-0.2, 0) is 32.2 Å². The van der Waals surface area contributed by atoms with E-state index in [-0.39, 0.29) is 22.4 Å². The van der Waals surface area contributed by atoms with E-state index in [1.165, 1.54) is 35.0 Å². The number of carboxylic acids is 1. The van der Waals surface area contributed by atoms with Gasteiger partial charge in [-0.2, -0.15) is 13.9 Å². The van der Waals surface area contributed by atoms with Crippen LogP contribution in [-0.4, -0.2) is 67.1 Å². The molecule has 14 heteroatoms. The van der Waals surface area contributed by atoms with Gasteiger partial charge in [0.2, 0.25) is 11.5 Å². The maximum absolute atomic E-state index is 13.0. The Balaban J connectivity index is 1.31. The average Bonchev–Trinajstić information content (AvgIpc) is 3.29. The summed E-state index contributed by atoms with van der Waals surface area (Å²) >= 11 is 2.26. The highest BCUT2D eigenvalue weighted by atomic mass is 32.2. The van der Waals surface area contributed by atoms with Gasteiger partial charge in [0, 0.05) is 34.8 Å². The van der Waals surface area contributed by atoms with Crippen molar-refractivity contribution in [1.29, 1.82) is 0 Å². The van der Waals surface area contributed by atoms with E-state index in [2.05, 4.69) is 37.4 Å². The Labute approximate surface area is 220 Å². The maximum atomic E-state index is 13.0. The van der Waals surface area contributed by atoms with Gasteiger partial charge >= 0.3 is 5.97 Å². The Bertz CT molecular complexity index is 1390. The fourth-order valence-electron chi connectivity index (χ4n) is 4.74. The number of aliphatic carboxylic acids is 1. The Morgan fingerprint density at radius 2 is 2.27 bits per heavy atom. The van der Waals surface area contributed by atoms with Crippen LogP contribution in [0.25, 0.3) is 0 Å². The monoisotopic (exact) mass is 542 g/mol. The molecule has 5 rings (SSSR count). The standard InChI is InChI=1S/C23H23N7O5S2/c1-11-9-12-5-3-7-29(16(11)12)8-4-6-13-10-36-21-15(20(32)30(21)17(13)22(33)34)25-19(31)14(27-35-2)18-26-23(24)37-28-18/h3-7,11,15,21H,8-10H2,1-2H3,(H3-,24,25,26,28,31,33,34)/p+1/b6-4+,27-14-/t11?,15?,21-/m1/s1. The minimum atomic E-state index is -1.20. The topological polar surface area (TPSA) is 164 Å². The fraction of sp³-hybridized carbons (Fsp3) is 0.348. The van der Waals surface area contributed by atoms with E-state index in [9.17, 15) is 19.5 Å². The molecule has 2 amide bonds. The Morgan fingerprint density at radius 3 is 2.95 bits per heavy atom. The first-order valence-electron chi connectivity index (χ1n) is 11.4. The number of carboxylic acid groups (broad SMARTS) is 1. The van der Waals surface area contributed by atoms with Gasteiger partial charge in [-0.25, -0.2) is 4.79 Å². The number of carbonyl (C=O) groups excluding carboxylic acids is 2. The van der Waals surface area contributed by atoms with E-state index < -0.39 is 29.2 Å². The van der Waals surface area contributed by atoms with Gasteiger partial charge in [-0.15, -0.1) is 11.8 Å². The smallest absolute Gasteiger partial charge is 0.352 e. The van der Waals surface area contributed by atoms with Crippen molar-refractivity contribution in [3.8, 4) is 0 Å². The first-order valence-corrected chi connectivity index (χ1v) is 13.2. The molecule has 1 fully saturated rings. The molecule has 2 aliphatic heterocycles. The van der Waals surface area contributed by atoms with Gasteiger partial charge in [-0.3, -0.25) is 14.5 Å². The number of aromatic nitrogens is 3. The number of thioether (sulfide) groups is 1. The number of amides is 2. The Kier molecular flexibility index (Phi) is 6.69. The molecule has 12 nitrogen and oxygen atoms in total. The number of nitrogens with two attached hydrogens (primary N) is 1. The van der Waals surface area contributed by atoms with Crippen LogP contribution < -0.4 is 15.6 Å². The number of pyridine rings is 1. The molecule has 0 bridgehead atoms. The number of nitrogen functional groups attached to an aromatic ring is 1. The van der Waals surface area contributed by atoms with E-state index in [0.29, 0.717) is 23.8 Å². The number of fused-ring (bicyclic) bond motifs is 2. The van der Waals surface area contributed by atoms with Gasteiger partial charge in [0.05, 0.1) is 0 Å². The highest BCUT2D eigenvalue weighted by Crippen LogP contribution is 2.40. The summed E-state index contributed by atoms with van der Waals surface area (Å²) in [7, 11) is 1.26. The molecule has 3 aliphatic rings. The summed E-state index contributed by atoms with van der Waals surface area (Å²) < 4.78 is 6.12. The van der Waals surface area contributed by atoms with Gasteiger partial charge < -0.3 is 21.0 Å². The van der Waals surface area contributed by atoms with Gasteiger partial charge in [0.15, 0.2) is 23.6 Å². The lowest BCUT2D eigenvalue weighted by Crippen LogP contribution is -2.71. The highest BCUT2D eigenvalue weighted by molar-refractivity contribution is 8.00. The molecule has 2 aromatic heterocycles. The van der Waals surface area contributed by atoms with Gasteiger partial charge in [0.25, 0.3) is 11.8 Å². The Hall–Kier alpha value is -3.78. The van der Waals surface area contributed by atoms with Crippen LogP contribution in [0.4, 0.5) is 5.13 Å². The molecular formula is C23H24N7O5S2+. The van der Waals surface area contributed by atoms with Crippen LogP contribution in [0.15, 0.2) is 46.9 Å². The molecule has 1 saturated heterocycles. The maximum Gasteiger partial charge on any atom is 0.352 e. The van der Waals surface area contributed by atoms with Crippen molar-refractivity contribution in [2.75, 3.05) is 18.6 Å². The number of hydrogen-bond acceptors (Lipinski definition) is 10. The van der Waals surface area contributed by atoms with E-state index in [1.54, 1.807) is 6.08 Å². The van der Waals surface area contributed by atoms with Crippen molar-refractivity contribution in [2.24, 2.45) is 5.16 Å². The SMILES string of the molecule is CO/N=C(\C(=O)NC1C(=O)N2C(C(=O)O)=C(/C=C/C[n+]3cccc4c3C(C)C4)CS[C@H]12)c1nsc(N)n1. The first kappa shape index (κ1) is 24.9. The number of nitrogens with zero attached hydrogens (tertiary/aromatic N) is 5. The van der Waals surface area contributed by atoms with Crippen LogP contribution in [0.1, 0.15) is 29.9 Å². The summed E-state index contributed by atoms with van der Waals surface area (Å²) in [4.78, 5) is 47.9. The summed E-state index contributed by atoms with van der Waals surface area (Å²) in [6, 6.07) is 3.20. The van der Waals surface area contributed by atoms with Crippen LogP contribution in [0.3, 0.4) is 0 Å². The van der Waals surface area contributed by atoms with E-state index in [0.717, 1.165) is 18.0 Å². The van der Waals surface area contributed by atoms with Gasteiger partial charge in [-0.1, -0.05) is 18.2 Å². The number of β-lactam (4-membered cyclic amide) rings is 1. The van der Waals surface area contributed by atoms with Crippen LogP contribution in [0, 0.1) is 0 Å². The van der Waals surface area contributed by atoms with Crippen molar-refractivity contribution in [3.63, 3.8) is 0 Å². The van der Waals surface area contributed by atoms with Crippen molar-refractivity contribution in [1.82, 2.24) is 19.6 Å².